The van der Waals surface area contributed by atoms with Crippen LogP contribution in [0.4, 0.5) is 0 Å². The van der Waals surface area contributed by atoms with Gasteiger partial charge in [-0.2, -0.15) is 0 Å². The number of nitrogens with zero attached hydrogens (tertiary/aromatic N) is 1. The highest BCUT2D eigenvalue weighted by atomic mass is 16.3. The molecule has 1 aromatic carbocycles. The first kappa shape index (κ1) is 8.97. The molecule has 0 saturated carbocycles. The summed E-state index contributed by atoms with van der Waals surface area (Å²) in [7, 11) is 0. The zero-order valence-electron chi connectivity index (χ0n) is 8.60. The zero-order valence-corrected chi connectivity index (χ0v) is 8.60. The van der Waals surface area contributed by atoms with Crippen LogP contribution in [-0.4, -0.2) is 9.97 Å². The van der Waals surface area contributed by atoms with E-state index in [4.69, 9.17) is 4.42 Å². The van der Waals surface area contributed by atoms with Crippen LogP contribution in [-0.2, 0) is 0 Å². The molecule has 78 valence electrons. The summed E-state index contributed by atoms with van der Waals surface area (Å²) in [6.07, 6.45) is 5.17. The standard InChI is InChI=1S/C13H10N2O/c1-9(12-7-14-8-15-12)10-3-2-4-13-11(10)5-6-16-13/h2-8H,1H2,(H,14,15). The topological polar surface area (TPSA) is 41.8 Å². The maximum Gasteiger partial charge on any atom is 0.134 e. The molecule has 3 aromatic rings. The van der Waals surface area contributed by atoms with Crippen LogP contribution in [0.3, 0.4) is 0 Å². The van der Waals surface area contributed by atoms with Gasteiger partial charge in [-0.25, -0.2) is 4.98 Å². The first-order chi connectivity index (χ1) is 7.86. The summed E-state index contributed by atoms with van der Waals surface area (Å²) in [5, 5.41) is 1.07. The molecule has 0 spiro atoms. The van der Waals surface area contributed by atoms with Crippen LogP contribution in [0.5, 0.6) is 0 Å². The van der Waals surface area contributed by atoms with Crippen molar-refractivity contribution in [1.29, 1.82) is 0 Å². The second-order valence-corrected chi connectivity index (χ2v) is 3.57. The summed E-state index contributed by atoms with van der Waals surface area (Å²) in [5.41, 5.74) is 3.68. The molecule has 16 heavy (non-hydrogen) atoms. The van der Waals surface area contributed by atoms with Gasteiger partial charge in [-0.15, -0.1) is 0 Å². The van der Waals surface area contributed by atoms with Gasteiger partial charge in [-0.05, 0) is 17.7 Å². The van der Waals surface area contributed by atoms with Crippen LogP contribution in [0.1, 0.15) is 11.3 Å². The van der Waals surface area contributed by atoms with Crippen LogP contribution < -0.4 is 0 Å². The van der Waals surface area contributed by atoms with Crippen molar-refractivity contribution in [3.05, 3.63) is 60.9 Å². The van der Waals surface area contributed by atoms with Crippen LogP contribution in [0, 0.1) is 0 Å². The Kier molecular flexibility index (Phi) is 1.90. The van der Waals surface area contributed by atoms with Gasteiger partial charge in [0.25, 0.3) is 0 Å². The molecule has 1 N–H and O–H groups in total. The molecule has 0 bridgehead atoms. The first-order valence-electron chi connectivity index (χ1n) is 5.01. The Labute approximate surface area is 92.4 Å². The lowest BCUT2D eigenvalue weighted by Gasteiger charge is -2.03. The number of aromatic nitrogens is 2. The molecule has 0 aliphatic carbocycles. The van der Waals surface area contributed by atoms with Gasteiger partial charge in [0.2, 0.25) is 0 Å². The van der Waals surface area contributed by atoms with Crippen molar-refractivity contribution in [2.45, 2.75) is 0 Å². The Hall–Kier alpha value is -2.29. The summed E-state index contributed by atoms with van der Waals surface area (Å²) < 4.78 is 5.36. The highest BCUT2D eigenvalue weighted by molar-refractivity contribution is 5.94. The fourth-order valence-electron chi connectivity index (χ4n) is 1.82. The number of rotatable bonds is 2. The minimum Gasteiger partial charge on any atom is -0.464 e. The van der Waals surface area contributed by atoms with E-state index in [0.717, 1.165) is 27.8 Å². The number of hydrogen-bond donors (Lipinski definition) is 1. The molecule has 0 aliphatic rings. The van der Waals surface area contributed by atoms with Crippen LogP contribution >= 0.6 is 0 Å². The predicted molar refractivity (Wildman–Crippen MR) is 62.9 cm³/mol. The van der Waals surface area contributed by atoms with Crippen molar-refractivity contribution in [2.24, 2.45) is 0 Å². The van der Waals surface area contributed by atoms with Gasteiger partial charge in [0, 0.05) is 17.2 Å². The molecule has 3 nitrogen and oxygen atoms in total. The van der Waals surface area contributed by atoms with E-state index in [1.165, 1.54) is 0 Å². The molecule has 3 heteroatoms. The number of furan rings is 1. The van der Waals surface area contributed by atoms with Crippen LogP contribution in [0.15, 0.2) is 54.0 Å². The normalized spacial score (nSPS) is 10.8. The van der Waals surface area contributed by atoms with Crippen molar-refractivity contribution < 1.29 is 4.42 Å². The molecule has 2 aromatic heterocycles. The number of benzene rings is 1. The van der Waals surface area contributed by atoms with Gasteiger partial charge in [0.05, 0.1) is 18.3 Å². The molecule has 0 fully saturated rings. The van der Waals surface area contributed by atoms with Crippen molar-refractivity contribution in [3.8, 4) is 0 Å². The number of H-pyrrole nitrogens is 1. The van der Waals surface area contributed by atoms with E-state index in [1.54, 1.807) is 12.6 Å². The number of hydrogen-bond acceptors (Lipinski definition) is 2. The van der Waals surface area contributed by atoms with E-state index in [9.17, 15) is 0 Å². The van der Waals surface area contributed by atoms with Gasteiger partial charge in [0.1, 0.15) is 5.58 Å². The van der Waals surface area contributed by atoms with Gasteiger partial charge in [-0.3, -0.25) is 0 Å². The molecular weight excluding hydrogens is 200 g/mol. The zero-order chi connectivity index (χ0) is 11.0. The minimum atomic E-state index is 0.855. The van der Waals surface area contributed by atoms with Crippen molar-refractivity contribution in [2.75, 3.05) is 0 Å². The first-order valence-corrected chi connectivity index (χ1v) is 5.01. The molecular formula is C13H10N2O. The maximum atomic E-state index is 5.36. The Morgan fingerprint density at radius 2 is 2.25 bits per heavy atom. The fraction of sp³-hybridized carbons (Fsp3) is 0. The molecule has 0 unspecified atom stereocenters. The number of aromatic amines is 1. The van der Waals surface area contributed by atoms with Gasteiger partial charge in [-0.1, -0.05) is 18.7 Å². The highest BCUT2D eigenvalue weighted by Crippen LogP contribution is 2.28. The number of imidazole rings is 1. The van der Waals surface area contributed by atoms with Crippen LogP contribution in [0.2, 0.25) is 0 Å². The Balaban J connectivity index is 2.19. The molecule has 2 heterocycles. The third kappa shape index (κ3) is 1.26. The second-order valence-electron chi connectivity index (χ2n) is 3.57. The fourth-order valence-corrected chi connectivity index (χ4v) is 1.82. The lowest BCUT2D eigenvalue weighted by molar-refractivity contribution is 0.616. The van der Waals surface area contributed by atoms with Gasteiger partial charge < -0.3 is 9.40 Å². The van der Waals surface area contributed by atoms with Crippen molar-refractivity contribution >= 4 is 16.5 Å². The predicted octanol–water partition coefficient (Wildman–Crippen LogP) is 3.22. The van der Waals surface area contributed by atoms with E-state index in [0.29, 0.717) is 0 Å². The Bertz CT molecular complexity index is 635. The van der Waals surface area contributed by atoms with E-state index in [1.807, 2.05) is 30.5 Å². The number of nitrogens with one attached hydrogen (secondary N) is 1. The lowest BCUT2D eigenvalue weighted by Crippen LogP contribution is -1.86. The average molecular weight is 210 g/mol. The third-order valence-corrected chi connectivity index (χ3v) is 2.63. The van der Waals surface area contributed by atoms with E-state index < -0.39 is 0 Å². The van der Waals surface area contributed by atoms with Gasteiger partial charge >= 0.3 is 0 Å². The van der Waals surface area contributed by atoms with E-state index in [2.05, 4.69) is 16.5 Å². The maximum absolute atomic E-state index is 5.36. The Morgan fingerprint density at radius 3 is 3.06 bits per heavy atom. The quantitative estimate of drug-likeness (QED) is 0.705. The molecule has 0 atom stereocenters. The van der Waals surface area contributed by atoms with E-state index >= 15 is 0 Å². The van der Waals surface area contributed by atoms with Crippen molar-refractivity contribution in [1.82, 2.24) is 9.97 Å². The lowest BCUT2D eigenvalue weighted by atomic mass is 10.0. The minimum absolute atomic E-state index is 0.855. The largest absolute Gasteiger partial charge is 0.464 e. The highest BCUT2D eigenvalue weighted by Gasteiger charge is 2.09. The summed E-state index contributed by atoms with van der Waals surface area (Å²) in [6.45, 7) is 4.07. The summed E-state index contributed by atoms with van der Waals surface area (Å²) in [4.78, 5) is 7.12. The Morgan fingerprint density at radius 1 is 1.31 bits per heavy atom. The molecule has 0 radical (unpaired) electrons. The molecule has 0 amide bonds. The van der Waals surface area contributed by atoms with E-state index in [-0.39, 0.29) is 0 Å². The second kappa shape index (κ2) is 3.38. The summed E-state index contributed by atoms with van der Waals surface area (Å²) in [5.74, 6) is 0. The molecule has 3 rings (SSSR count). The average Bonchev–Trinajstić information content (AvgIpc) is 2.98. The number of fused-ring (bicyclic) bond motifs is 1. The summed E-state index contributed by atoms with van der Waals surface area (Å²) >= 11 is 0. The molecule has 0 saturated heterocycles. The summed E-state index contributed by atoms with van der Waals surface area (Å²) in [6, 6.07) is 7.87. The third-order valence-electron chi connectivity index (χ3n) is 2.63. The molecule has 0 aliphatic heterocycles. The van der Waals surface area contributed by atoms with Crippen LogP contribution in [0.25, 0.3) is 16.5 Å². The monoisotopic (exact) mass is 210 g/mol. The van der Waals surface area contributed by atoms with Crippen molar-refractivity contribution in [3.63, 3.8) is 0 Å². The van der Waals surface area contributed by atoms with Gasteiger partial charge in [0.15, 0.2) is 0 Å². The smallest absolute Gasteiger partial charge is 0.134 e. The SMILES string of the molecule is C=C(c1c[nH]cn1)c1cccc2occc12.